The minimum atomic E-state index is -0.236. The van der Waals surface area contributed by atoms with Gasteiger partial charge in [-0.3, -0.25) is 14.2 Å². The van der Waals surface area contributed by atoms with E-state index >= 15 is 0 Å². The molecule has 0 spiro atoms. The highest BCUT2D eigenvalue weighted by Crippen LogP contribution is 2.31. The van der Waals surface area contributed by atoms with Gasteiger partial charge in [0.05, 0.1) is 24.9 Å². The van der Waals surface area contributed by atoms with Gasteiger partial charge in [0.1, 0.15) is 10.6 Å². The van der Waals surface area contributed by atoms with Crippen LogP contribution in [0.4, 0.5) is 0 Å². The zero-order valence-electron chi connectivity index (χ0n) is 15.6. The van der Waals surface area contributed by atoms with Gasteiger partial charge in [0.25, 0.3) is 5.56 Å². The maximum Gasteiger partial charge on any atom is 0.263 e. The van der Waals surface area contributed by atoms with Gasteiger partial charge in [-0.1, -0.05) is 23.7 Å². The van der Waals surface area contributed by atoms with Gasteiger partial charge in [0.2, 0.25) is 0 Å². The largest absolute Gasteiger partial charge is 0.494 e. The lowest BCUT2D eigenvalue weighted by atomic mass is 10.1. The lowest BCUT2D eigenvalue weighted by Crippen LogP contribution is -2.24. The first-order chi connectivity index (χ1) is 14.1. The smallest absolute Gasteiger partial charge is 0.263 e. The van der Waals surface area contributed by atoms with E-state index in [2.05, 4.69) is 4.98 Å². The van der Waals surface area contributed by atoms with E-state index in [1.807, 2.05) is 24.4 Å². The summed E-state index contributed by atoms with van der Waals surface area (Å²) in [4.78, 5) is 30.8. The Labute approximate surface area is 176 Å². The van der Waals surface area contributed by atoms with Gasteiger partial charge < -0.3 is 4.74 Å². The maximum atomic E-state index is 13.1. The number of ketones is 1. The number of ether oxygens (including phenoxy) is 1. The number of carbonyl (C=O) groups excluding carboxylic acids is 1. The van der Waals surface area contributed by atoms with Crippen LogP contribution in [0.2, 0.25) is 5.02 Å². The molecule has 0 saturated carbocycles. The normalized spacial score (nSPS) is 11.0. The Morgan fingerprint density at radius 1 is 1.14 bits per heavy atom. The van der Waals surface area contributed by atoms with Crippen molar-refractivity contribution in [2.45, 2.75) is 13.5 Å². The monoisotopic (exact) mass is 424 g/mol. The lowest BCUT2D eigenvalue weighted by Gasteiger charge is -2.07. The molecule has 0 saturated heterocycles. The Balaban J connectivity index is 1.67. The average molecular weight is 425 g/mol. The lowest BCUT2D eigenvalue weighted by molar-refractivity contribution is 0.0970. The Bertz CT molecular complexity index is 1230. The van der Waals surface area contributed by atoms with Crippen molar-refractivity contribution in [3.8, 4) is 16.9 Å². The van der Waals surface area contributed by atoms with E-state index in [1.165, 1.54) is 22.2 Å². The van der Waals surface area contributed by atoms with Crippen molar-refractivity contribution in [1.29, 1.82) is 0 Å². The molecule has 0 amide bonds. The van der Waals surface area contributed by atoms with Crippen LogP contribution in [-0.2, 0) is 6.54 Å². The predicted molar refractivity (Wildman–Crippen MR) is 116 cm³/mol. The van der Waals surface area contributed by atoms with Crippen LogP contribution in [0.3, 0.4) is 0 Å². The van der Waals surface area contributed by atoms with E-state index in [9.17, 15) is 9.59 Å². The molecule has 29 heavy (non-hydrogen) atoms. The molecule has 0 N–H and O–H groups in total. The number of thiophene rings is 1. The summed E-state index contributed by atoms with van der Waals surface area (Å²) in [6.07, 6.45) is 1.43. The highest BCUT2D eigenvalue weighted by Gasteiger charge is 2.15. The summed E-state index contributed by atoms with van der Waals surface area (Å²) in [5.41, 5.74) is 1.96. The zero-order valence-corrected chi connectivity index (χ0v) is 17.2. The van der Waals surface area contributed by atoms with Crippen LogP contribution in [0.25, 0.3) is 21.3 Å². The first-order valence-corrected chi connectivity index (χ1v) is 10.3. The molecule has 4 rings (SSSR count). The molecule has 0 atom stereocenters. The highest BCUT2D eigenvalue weighted by atomic mass is 35.5. The summed E-state index contributed by atoms with van der Waals surface area (Å²) >= 11 is 7.37. The zero-order chi connectivity index (χ0) is 20.4. The Kier molecular flexibility index (Phi) is 5.47. The number of nitrogens with zero attached hydrogens (tertiary/aromatic N) is 2. The van der Waals surface area contributed by atoms with Crippen LogP contribution in [0.5, 0.6) is 5.75 Å². The summed E-state index contributed by atoms with van der Waals surface area (Å²) in [6.45, 7) is 2.38. The predicted octanol–water partition coefficient (Wildman–Crippen LogP) is 5.06. The second-order valence-electron chi connectivity index (χ2n) is 6.39. The van der Waals surface area contributed by atoms with Gasteiger partial charge in [-0.25, -0.2) is 4.98 Å². The summed E-state index contributed by atoms with van der Waals surface area (Å²) in [7, 11) is 0. The topological polar surface area (TPSA) is 61.2 Å². The number of carbonyl (C=O) groups is 1. The number of hydrogen-bond donors (Lipinski definition) is 0. The SMILES string of the molecule is CCOc1ccc(C(=O)Cn2cnc3scc(-c4ccc(Cl)cc4)c3c2=O)cc1. The summed E-state index contributed by atoms with van der Waals surface area (Å²) < 4.78 is 6.75. The molecule has 146 valence electrons. The second-order valence-corrected chi connectivity index (χ2v) is 7.69. The van der Waals surface area contributed by atoms with Crippen LogP contribution in [-0.4, -0.2) is 21.9 Å². The van der Waals surface area contributed by atoms with E-state index in [4.69, 9.17) is 16.3 Å². The van der Waals surface area contributed by atoms with Crippen molar-refractivity contribution >= 4 is 38.9 Å². The van der Waals surface area contributed by atoms with Crippen LogP contribution in [0.15, 0.2) is 65.0 Å². The van der Waals surface area contributed by atoms with Crippen molar-refractivity contribution in [2.75, 3.05) is 6.61 Å². The number of halogens is 1. The highest BCUT2D eigenvalue weighted by molar-refractivity contribution is 7.17. The number of rotatable bonds is 6. The Hall–Kier alpha value is -2.96. The maximum absolute atomic E-state index is 13.1. The molecule has 0 radical (unpaired) electrons. The number of benzene rings is 2. The molecule has 2 aromatic heterocycles. The number of fused-ring (bicyclic) bond motifs is 1. The van der Waals surface area contributed by atoms with Gasteiger partial charge in [0, 0.05) is 21.5 Å². The van der Waals surface area contributed by atoms with E-state index < -0.39 is 0 Å². The first kappa shape index (κ1) is 19.4. The minimum absolute atomic E-state index is 0.0777. The molecule has 0 unspecified atom stereocenters. The molecule has 2 heterocycles. The third kappa shape index (κ3) is 3.95. The fraction of sp³-hybridized carbons (Fsp3) is 0.136. The fourth-order valence-electron chi connectivity index (χ4n) is 3.07. The Morgan fingerprint density at radius 3 is 2.55 bits per heavy atom. The van der Waals surface area contributed by atoms with Gasteiger partial charge in [-0.05, 0) is 48.9 Å². The molecule has 0 aliphatic rings. The summed E-state index contributed by atoms with van der Waals surface area (Å²) in [6, 6.07) is 14.2. The summed E-state index contributed by atoms with van der Waals surface area (Å²) in [5.74, 6) is 0.537. The van der Waals surface area contributed by atoms with E-state index in [-0.39, 0.29) is 17.9 Å². The molecule has 0 aliphatic heterocycles. The fourth-order valence-corrected chi connectivity index (χ4v) is 4.10. The number of aromatic nitrogens is 2. The van der Waals surface area contributed by atoms with Gasteiger partial charge in [-0.2, -0.15) is 0 Å². The van der Waals surface area contributed by atoms with Crippen molar-refractivity contribution in [2.24, 2.45) is 0 Å². The first-order valence-electron chi connectivity index (χ1n) is 9.05. The van der Waals surface area contributed by atoms with Crippen molar-refractivity contribution < 1.29 is 9.53 Å². The van der Waals surface area contributed by atoms with Crippen molar-refractivity contribution in [3.63, 3.8) is 0 Å². The standard InChI is InChI=1S/C22H17ClN2O3S/c1-2-28-17-9-5-15(6-10-17)19(26)11-25-13-24-21-20(22(25)27)18(12-29-21)14-3-7-16(23)8-4-14/h3-10,12-13H,2,11H2,1H3. The third-order valence-electron chi connectivity index (χ3n) is 4.52. The minimum Gasteiger partial charge on any atom is -0.494 e. The number of Topliss-reactive ketones (excluding diaryl/α,β-unsaturated/α-hetero) is 1. The summed E-state index contributed by atoms with van der Waals surface area (Å²) in [5, 5.41) is 3.05. The molecule has 2 aromatic carbocycles. The van der Waals surface area contributed by atoms with Crippen LogP contribution >= 0.6 is 22.9 Å². The molecule has 0 fully saturated rings. The van der Waals surface area contributed by atoms with Crippen molar-refractivity contribution in [1.82, 2.24) is 9.55 Å². The van der Waals surface area contributed by atoms with E-state index in [1.54, 1.807) is 36.4 Å². The molecule has 7 heteroatoms. The Morgan fingerprint density at radius 2 is 1.86 bits per heavy atom. The average Bonchev–Trinajstić information content (AvgIpc) is 3.16. The molecular weight excluding hydrogens is 408 g/mol. The quantitative estimate of drug-likeness (QED) is 0.406. The second kappa shape index (κ2) is 8.19. The van der Waals surface area contributed by atoms with Crippen molar-refractivity contribution in [3.05, 3.63) is 81.2 Å². The number of hydrogen-bond acceptors (Lipinski definition) is 5. The van der Waals surface area contributed by atoms with Gasteiger partial charge in [-0.15, -0.1) is 11.3 Å². The van der Waals surface area contributed by atoms with Crippen LogP contribution in [0, 0.1) is 0 Å². The molecule has 5 nitrogen and oxygen atoms in total. The van der Waals surface area contributed by atoms with E-state index in [0.717, 1.165) is 11.1 Å². The van der Waals surface area contributed by atoms with Gasteiger partial charge in [0.15, 0.2) is 5.78 Å². The molecule has 0 aliphatic carbocycles. The van der Waals surface area contributed by atoms with Gasteiger partial charge >= 0.3 is 0 Å². The molecule has 0 bridgehead atoms. The van der Waals surface area contributed by atoms with Crippen LogP contribution < -0.4 is 10.3 Å². The van der Waals surface area contributed by atoms with Crippen LogP contribution in [0.1, 0.15) is 17.3 Å². The van der Waals surface area contributed by atoms with E-state index in [0.29, 0.717) is 33.2 Å². The third-order valence-corrected chi connectivity index (χ3v) is 5.66. The molecular formula is C22H17ClN2O3S. The molecule has 4 aromatic rings.